The Morgan fingerprint density at radius 1 is 1.30 bits per heavy atom. The van der Waals surface area contributed by atoms with Crippen molar-refractivity contribution < 1.29 is 0 Å². The third kappa shape index (κ3) is 5.81. The van der Waals surface area contributed by atoms with Gasteiger partial charge in [-0.3, -0.25) is 0 Å². The summed E-state index contributed by atoms with van der Waals surface area (Å²) in [5.74, 6) is 2.64. The summed E-state index contributed by atoms with van der Waals surface area (Å²) in [6.45, 7) is 3.15. The second kappa shape index (κ2) is 10.3. The number of guanidine groups is 1. The average molecular weight is 503 g/mol. The predicted octanol–water partition coefficient (Wildman–Crippen LogP) is 3.92. The Morgan fingerprint density at radius 3 is 2.63 bits per heavy atom. The summed E-state index contributed by atoms with van der Waals surface area (Å²) in [6, 6.07) is 8.43. The number of aryl methyl sites for hydroxylation is 1. The van der Waals surface area contributed by atoms with E-state index in [-0.39, 0.29) is 24.0 Å². The summed E-state index contributed by atoms with van der Waals surface area (Å²) in [4.78, 5) is 6.95. The van der Waals surface area contributed by atoms with Gasteiger partial charge in [-0.15, -0.1) is 34.2 Å². The van der Waals surface area contributed by atoms with Gasteiger partial charge in [0.1, 0.15) is 12.4 Å². The molecule has 1 fully saturated rings. The van der Waals surface area contributed by atoms with Crippen molar-refractivity contribution in [3.8, 4) is 0 Å². The molecule has 0 bridgehead atoms. The molecule has 0 radical (unpaired) electrons. The molecule has 0 amide bonds. The summed E-state index contributed by atoms with van der Waals surface area (Å²) in [7, 11) is 4.02. The highest BCUT2D eigenvalue weighted by atomic mass is 127. The van der Waals surface area contributed by atoms with E-state index in [2.05, 4.69) is 26.5 Å². The van der Waals surface area contributed by atoms with E-state index in [1.165, 1.54) is 25.7 Å². The largest absolute Gasteiger partial charge is 0.353 e. The molecule has 0 spiro atoms. The lowest BCUT2D eigenvalue weighted by Gasteiger charge is -2.25. The lowest BCUT2D eigenvalue weighted by molar-refractivity contribution is 0.456. The molecule has 6 nitrogen and oxygen atoms in total. The fourth-order valence-corrected chi connectivity index (χ4v) is 3.42. The zero-order chi connectivity index (χ0) is 18.5. The van der Waals surface area contributed by atoms with Crippen LogP contribution in [-0.4, -0.2) is 38.7 Å². The highest BCUT2D eigenvalue weighted by molar-refractivity contribution is 14.0. The van der Waals surface area contributed by atoms with Crippen LogP contribution in [0.2, 0.25) is 5.02 Å². The first-order chi connectivity index (χ1) is 12.5. The highest BCUT2D eigenvalue weighted by Gasteiger charge is 2.19. The topological polar surface area (TPSA) is 58.3 Å². The van der Waals surface area contributed by atoms with Crippen molar-refractivity contribution in [1.29, 1.82) is 0 Å². The molecule has 1 aliphatic carbocycles. The molecule has 0 atom stereocenters. The van der Waals surface area contributed by atoms with E-state index in [4.69, 9.17) is 16.6 Å². The van der Waals surface area contributed by atoms with Crippen LogP contribution in [0.25, 0.3) is 0 Å². The van der Waals surface area contributed by atoms with E-state index in [9.17, 15) is 0 Å². The maximum Gasteiger partial charge on any atom is 0.194 e. The third-order valence-electron chi connectivity index (χ3n) is 4.97. The van der Waals surface area contributed by atoms with Gasteiger partial charge in [-0.05, 0) is 31.4 Å². The van der Waals surface area contributed by atoms with Gasteiger partial charge in [0, 0.05) is 31.7 Å². The number of benzene rings is 1. The molecule has 2 aromatic rings. The smallest absolute Gasteiger partial charge is 0.194 e. The van der Waals surface area contributed by atoms with E-state index >= 15 is 0 Å². The number of halogens is 2. The molecule has 1 aromatic heterocycles. The van der Waals surface area contributed by atoms with Crippen molar-refractivity contribution in [1.82, 2.24) is 25.0 Å². The molecule has 148 valence electrons. The van der Waals surface area contributed by atoms with E-state index in [0.29, 0.717) is 19.1 Å². The van der Waals surface area contributed by atoms with E-state index < -0.39 is 0 Å². The predicted molar refractivity (Wildman–Crippen MR) is 121 cm³/mol. The number of hydrogen-bond acceptors (Lipinski definition) is 3. The van der Waals surface area contributed by atoms with Crippen molar-refractivity contribution in [2.24, 2.45) is 12.0 Å². The molecule has 8 heteroatoms. The summed E-state index contributed by atoms with van der Waals surface area (Å²) >= 11 is 6.33. The van der Waals surface area contributed by atoms with Gasteiger partial charge in [-0.1, -0.05) is 42.6 Å². The van der Waals surface area contributed by atoms with Crippen LogP contribution >= 0.6 is 35.6 Å². The number of aliphatic imine (C=N–C) groups is 1. The maximum absolute atomic E-state index is 6.33. The summed E-state index contributed by atoms with van der Waals surface area (Å²) in [6.07, 6.45) is 4.95. The Hall–Kier alpha value is -1.35. The Morgan fingerprint density at radius 2 is 2.00 bits per heavy atom. The number of nitrogens with zero attached hydrogens (tertiary/aromatic N) is 5. The normalized spacial score (nSPS) is 14.9. The first-order valence-corrected chi connectivity index (χ1v) is 9.53. The van der Waals surface area contributed by atoms with Gasteiger partial charge in [-0.2, -0.15) is 0 Å². The molecule has 0 saturated heterocycles. The molecule has 1 aromatic carbocycles. The van der Waals surface area contributed by atoms with Gasteiger partial charge in [0.25, 0.3) is 0 Å². The Kier molecular flexibility index (Phi) is 8.34. The fraction of sp³-hybridized carbons (Fsp3) is 0.526. The second-order valence-electron chi connectivity index (χ2n) is 6.94. The van der Waals surface area contributed by atoms with Gasteiger partial charge in [0.05, 0.1) is 0 Å². The molecular weight excluding hydrogens is 475 g/mol. The molecule has 1 aliphatic rings. The van der Waals surface area contributed by atoms with E-state index in [0.717, 1.165) is 28.2 Å². The molecule has 1 heterocycles. The van der Waals surface area contributed by atoms with Gasteiger partial charge in [0.15, 0.2) is 11.8 Å². The van der Waals surface area contributed by atoms with Crippen molar-refractivity contribution in [3.63, 3.8) is 0 Å². The maximum atomic E-state index is 6.33. The van der Waals surface area contributed by atoms with Crippen molar-refractivity contribution in [3.05, 3.63) is 46.5 Å². The average Bonchev–Trinajstić information content (AvgIpc) is 3.25. The van der Waals surface area contributed by atoms with Crippen LogP contribution in [0.15, 0.2) is 29.3 Å². The summed E-state index contributed by atoms with van der Waals surface area (Å²) in [5, 5.41) is 12.7. The molecular formula is C19H28ClIN6. The summed E-state index contributed by atoms with van der Waals surface area (Å²) < 4.78 is 1.98. The standard InChI is InChI=1S/C19H27ClN6.HI/c1-14-23-24-18(26(14)3)12-21-19(22-16-9-5-6-10-16)25(2)13-15-8-4-7-11-17(15)20;/h4,7-8,11,16H,5-6,9-10,12-13H2,1-3H3,(H,21,22);1H. The van der Waals surface area contributed by atoms with Crippen LogP contribution in [0.3, 0.4) is 0 Å². The number of rotatable bonds is 5. The van der Waals surface area contributed by atoms with Crippen LogP contribution in [0.4, 0.5) is 0 Å². The minimum absolute atomic E-state index is 0. The van der Waals surface area contributed by atoms with Crippen LogP contribution in [-0.2, 0) is 20.1 Å². The first kappa shape index (κ1) is 21.9. The van der Waals surface area contributed by atoms with Gasteiger partial charge >= 0.3 is 0 Å². The Bertz CT molecular complexity index is 769. The Balaban J connectivity index is 0.00000261. The van der Waals surface area contributed by atoms with E-state index in [1.54, 1.807) is 0 Å². The number of hydrogen-bond donors (Lipinski definition) is 1. The van der Waals surface area contributed by atoms with Gasteiger partial charge < -0.3 is 14.8 Å². The van der Waals surface area contributed by atoms with Crippen LogP contribution in [0.5, 0.6) is 0 Å². The van der Waals surface area contributed by atoms with Crippen molar-refractivity contribution in [2.45, 2.75) is 51.7 Å². The number of aromatic nitrogens is 3. The minimum atomic E-state index is 0. The fourth-order valence-electron chi connectivity index (χ4n) is 3.22. The van der Waals surface area contributed by atoms with E-state index in [1.807, 2.05) is 43.8 Å². The van der Waals surface area contributed by atoms with Gasteiger partial charge in [0.2, 0.25) is 0 Å². The SMILES string of the molecule is Cc1nnc(CN=C(NC2CCCC2)N(C)Cc2ccccc2Cl)n1C.I. The highest BCUT2D eigenvalue weighted by Crippen LogP contribution is 2.19. The molecule has 27 heavy (non-hydrogen) atoms. The molecule has 0 unspecified atom stereocenters. The van der Waals surface area contributed by atoms with Crippen molar-refractivity contribution in [2.75, 3.05) is 7.05 Å². The quantitative estimate of drug-likeness (QED) is 0.383. The second-order valence-corrected chi connectivity index (χ2v) is 7.34. The summed E-state index contributed by atoms with van der Waals surface area (Å²) in [5.41, 5.74) is 1.09. The molecule has 1 saturated carbocycles. The van der Waals surface area contributed by atoms with Crippen LogP contribution in [0, 0.1) is 6.92 Å². The zero-order valence-electron chi connectivity index (χ0n) is 16.2. The monoisotopic (exact) mass is 502 g/mol. The molecule has 1 N–H and O–H groups in total. The van der Waals surface area contributed by atoms with Crippen LogP contribution in [0.1, 0.15) is 42.9 Å². The number of nitrogens with one attached hydrogen (secondary N) is 1. The first-order valence-electron chi connectivity index (χ1n) is 9.15. The molecule has 0 aliphatic heterocycles. The molecule has 3 rings (SSSR count). The van der Waals surface area contributed by atoms with Crippen LogP contribution < -0.4 is 5.32 Å². The lowest BCUT2D eigenvalue weighted by Crippen LogP contribution is -2.43. The zero-order valence-corrected chi connectivity index (χ0v) is 19.2. The Labute approximate surface area is 183 Å². The third-order valence-corrected chi connectivity index (χ3v) is 5.34. The minimum Gasteiger partial charge on any atom is -0.353 e. The van der Waals surface area contributed by atoms with Gasteiger partial charge in [-0.25, -0.2) is 4.99 Å². The van der Waals surface area contributed by atoms with Crippen molar-refractivity contribution >= 4 is 41.5 Å². The lowest BCUT2D eigenvalue weighted by atomic mass is 10.2.